The quantitative estimate of drug-likeness (QED) is 0.304. The zero-order valence-electron chi connectivity index (χ0n) is 21.6. The third-order valence-corrected chi connectivity index (χ3v) is 8.82. The molecule has 1 aliphatic heterocycles. The number of hydrogen-bond acceptors (Lipinski definition) is 6. The van der Waals surface area contributed by atoms with E-state index in [1.54, 1.807) is 0 Å². The Morgan fingerprint density at radius 1 is 1.22 bits per heavy atom. The molecule has 15 heteroatoms. The number of halogens is 6. The molecular weight excluding hydrogens is 611 g/mol. The summed E-state index contributed by atoms with van der Waals surface area (Å²) < 4.78 is 73.3. The van der Waals surface area contributed by atoms with Gasteiger partial charge >= 0.3 is 6.18 Å². The molecule has 41 heavy (non-hydrogen) atoms. The van der Waals surface area contributed by atoms with E-state index in [1.165, 1.54) is 31.4 Å². The fourth-order valence-corrected chi connectivity index (χ4v) is 5.79. The van der Waals surface area contributed by atoms with Gasteiger partial charge in [-0.1, -0.05) is 34.4 Å². The molecule has 0 spiro atoms. The molecule has 2 atom stereocenters. The number of nitrogens with one attached hydrogen (secondary N) is 1. The molecule has 1 aliphatic carbocycles. The first-order chi connectivity index (χ1) is 19.0. The number of carbonyl (C=O) groups is 2. The van der Waals surface area contributed by atoms with Crippen molar-refractivity contribution >= 4 is 50.5 Å². The van der Waals surface area contributed by atoms with Gasteiger partial charge in [0.05, 0.1) is 31.6 Å². The number of nitrogens with zero attached hydrogens (tertiary/aromatic N) is 3. The standard InChI is InChI=1S/C26H22Cl2F4N4O4S/c1-14-9-15(20-12-25(40-35-20,26(30,31)32)16-10-18(27)22(29)19(28)11-16)3-4-17(14)23(38)36-41(2,39)8-5-21(37)34-24(13-33)6-7-24/h3-4,9-11H,5-8,12H2,1-2H3,(H,34,37). The normalized spacial score (nSPS) is 20.7. The highest BCUT2D eigenvalue weighted by Gasteiger charge is 2.62. The molecule has 2 unspecified atom stereocenters. The van der Waals surface area contributed by atoms with Gasteiger partial charge in [-0.25, -0.2) is 8.60 Å². The maximum Gasteiger partial charge on any atom is 0.435 e. The highest BCUT2D eigenvalue weighted by molar-refractivity contribution is 7.93. The molecule has 1 N–H and O–H groups in total. The van der Waals surface area contributed by atoms with Gasteiger partial charge in [0.15, 0.2) is 5.82 Å². The summed E-state index contributed by atoms with van der Waals surface area (Å²) in [5.41, 5.74) is -3.91. The molecule has 1 fully saturated rings. The van der Waals surface area contributed by atoms with Crippen LogP contribution in [0.5, 0.6) is 0 Å². The van der Waals surface area contributed by atoms with Crippen LogP contribution in [0.1, 0.15) is 52.7 Å². The number of hydrogen-bond donors (Lipinski definition) is 1. The molecule has 0 radical (unpaired) electrons. The minimum Gasteiger partial charge on any atom is -0.374 e. The second-order valence-electron chi connectivity index (χ2n) is 9.97. The first-order valence-corrected chi connectivity index (χ1v) is 14.9. The van der Waals surface area contributed by atoms with Gasteiger partial charge in [0.1, 0.15) is 5.54 Å². The van der Waals surface area contributed by atoms with Crippen LogP contribution in [0.4, 0.5) is 17.6 Å². The van der Waals surface area contributed by atoms with E-state index in [2.05, 4.69) is 14.8 Å². The van der Waals surface area contributed by atoms with Crippen molar-refractivity contribution in [1.29, 1.82) is 5.26 Å². The van der Waals surface area contributed by atoms with E-state index in [-0.39, 0.29) is 29.0 Å². The van der Waals surface area contributed by atoms with Gasteiger partial charge in [0.25, 0.3) is 11.5 Å². The lowest BCUT2D eigenvalue weighted by molar-refractivity contribution is -0.275. The zero-order valence-corrected chi connectivity index (χ0v) is 23.9. The second kappa shape index (κ2) is 10.9. The van der Waals surface area contributed by atoms with Crippen LogP contribution in [0.25, 0.3) is 0 Å². The predicted molar refractivity (Wildman–Crippen MR) is 144 cm³/mol. The average Bonchev–Trinajstić information content (AvgIpc) is 3.49. The van der Waals surface area contributed by atoms with Crippen LogP contribution in [-0.4, -0.2) is 45.5 Å². The third-order valence-electron chi connectivity index (χ3n) is 6.75. The van der Waals surface area contributed by atoms with E-state index in [9.17, 15) is 31.4 Å². The van der Waals surface area contributed by atoms with E-state index in [4.69, 9.17) is 33.3 Å². The lowest BCUT2D eigenvalue weighted by Gasteiger charge is -2.29. The molecule has 1 heterocycles. The summed E-state index contributed by atoms with van der Waals surface area (Å²) >= 11 is 11.5. The van der Waals surface area contributed by atoms with Gasteiger partial charge in [0.2, 0.25) is 5.91 Å². The van der Waals surface area contributed by atoms with Gasteiger partial charge in [0, 0.05) is 36.0 Å². The smallest absolute Gasteiger partial charge is 0.374 e. The highest BCUT2D eigenvalue weighted by Crippen LogP contribution is 2.50. The molecule has 8 nitrogen and oxygen atoms in total. The number of benzene rings is 2. The molecule has 218 valence electrons. The van der Waals surface area contributed by atoms with Crippen molar-refractivity contribution in [2.75, 3.05) is 12.0 Å². The van der Waals surface area contributed by atoms with Crippen LogP contribution in [0.2, 0.25) is 10.0 Å². The van der Waals surface area contributed by atoms with Crippen LogP contribution in [0.3, 0.4) is 0 Å². The maximum absolute atomic E-state index is 14.3. The topological polar surface area (TPSA) is 121 Å². The van der Waals surface area contributed by atoms with Crippen molar-refractivity contribution in [1.82, 2.24) is 5.32 Å². The minimum absolute atomic E-state index is 0.0490. The molecular formula is C26H22Cl2F4N4O4S. The predicted octanol–water partition coefficient (Wildman–Crippen LogP) is 5.82. The third kappa shape index (κ3) is 6.34. The van der Waals surface area contributed by atoms with Gasteiger partial charge in [-0.2, -0.15) is 22.8 Å². The number of oxime groups is 1. The number of rotatable bonds is 7. The van der Waals surface area contributed by atoms with E-state index in [1.807, 2.05) is 6.07 Å². The monoisotopic (exact) mass is 632 g/mol. The van der Waals surface area contributed by atoms with Crippen LogP contribution in [-0.2, 0) is 25.0 Å². The molecule has 1 saturated carbocycles. The molecule has 2 aromatic carbocycles. The molecule has 0 bridgehead atoms. The summed E-state index contributed by atoms with van der Waals surface area (Å²) in [6.07, 6.45) is -3.66. The zero-order chi connectivity index (χ0) is 30.4. The number of alkyl halides is 3. The van der Waals surface area contributed by atoms with Gasteiger partial charge in [-0.3, -0.25) is 9.59 Å². The maximum atomic E-state index is 14.3. The fraction of sp³-hybridized carbons (Fsp3) is 0.385. The Hall–Kier alpha value is -3.21. The summed E-state index contributed by atoms with van der Waals surface area (Å²) in [4.78, 5) is 29.8. The van der Waals surface area contributed by atoms with Crippen molar-refractivity contribution in [2.45, 2.75) is 49.9 Å². The van der Waals surface area contributed by atoms with Crippen molar-refractivity contribution in [3.05, 3.63) is 68.4 Å². The van der Waals surface area contributed by atoms with Gasteiger partial charge in [-0.05, 0) is 55.2 Å². The Morgan fingerprint density at radius 2 is 1.85 bits per heavy atom. The van der Waals surface area contributed by atoms with Crippen LogP contribution < -0.4 is 5.32 Å². The Labute approximate surface area is 242 Å². The first-order valence-electron chi connectivity index (χ1n) is 12.1. The number of amides is 2. The Bertz CT molecular complexity index is 1620. The molecule has 2 aromatic rings. The summed E-state index contributed by atoms with van der Waals surface area (Å²) in [6, 6.07) is 7.64. The molecule has 2 aliphatic rings. The average molecular weight is 633 g/mol. The summed E-state index contributed by atoms with van der Waals surface area (Å²) in [5.74, 6) is -2.59. The SMILES string of the molecule is Cc1cc(C2=NOC(c3cc(Cl)c(F)c(Cl)c3)(C(F)(F)F)C2)ccc1C(=O)N=S(C)(=O)CCC(=O)NC1(C#N)CC1. The fourth-order valence-electron chi connectivity index (χ4n) is 4.20. The molecule has 0 aromatic heterocycles. The highest BCUT2D eigenvalue weighted by atomic mass is 35.5. The molecule has 0 saturated heterocycles. The Kier molecular flexibility index (Phi) is 8.16. The van der Waals surface area contributed by atoms with Gasteiger partial charge < -0.3 is 10.2 Å². The summed E-state index contributed by atoms with van der Waals surface area (Å²) in [7, 11) is -3.12. The lowest BCUT2D eigenvalue weighted by Crippen LogP contribution is -2.42. The number of nitriles is 1. The van der Waals surface area contributed by atoms with Gasteiger partial charge in [-0.15, -0.1) is 0 Å². The van der Waals surface area contributed by atoms with E-state index >= 15 is 0 Å². The van der Waals surface area contributed by atoms with E-state index in [0.717, 1.165) is 12.1 Å². The second-order valence-corrected chi connectivity index (χ2v) is 13.3. The summed E-state index contributed by atoms with van der Waals surface area (Å²) in [6.45, 7) is 1.51. The van der Waals surface area contributed by atoms with Crippen LogP contribution in [0.15, 0.2) is 39.9 Å². The molecule has 4 rings (SSSR count). The Morgan fingerprint density at radius 3 is 2.39 bits per heavy atom. The lowest BCUT2D eigenvalue weighted by atomic mass is 9.86. The largest absolute Gasteiger partial charge is 0.435 e. The van der Waals surface area contributed by atoms with E-state index < -0.39 is 66.7 Å². The van der Waals surface area contributed by atoms with Crippen molar-refractivity contribution in [3.63, 3.8) is 0 Å². The molecule has 2 amide bonds. The number of aryl methyl sites for hydroxylation is 1. The van der Waals surface area contributed by atoms with Crippen molar-refractivity contribution in [3.8, 4) is 6.07 Å². The summed E-state index contributed by atoms with van der Waals surface area (Å²) in [5, 5.41) is 14.1. The van der Waals surface area contributed by atoms with Crippen molar-refractivity contribution < 1.29 is 36.2 Å². The van der Waals surface area contributed by atoms with E-state index in [0.29, 0.717) is 18.4 Å². The van der Waals surface area contributed by atoms with Crippen LogP contribution >= 0.6 is 23.2 Å². The minimum atomic E-state index is -4.99. The Balaban J connectivity index is 1.51. The number of carbonyl (C=O) groups excluding carboxylic acids is 2. The van der Waals surface area contributed by atoms with Crippen molar-refractivity contribution in [2.24, 2.45) is 9.52 Å². The van der Waals surface area contributed by atoms with Crippen LogP contribution in [0, 0.1) is 24.1 Å². The first kappa shape index (κ1) is 30.7.